The Morgan fingerprint density at radius 2 is 1.96 bits per heavy atom. The van der Waals surface area contributed by atoms with Gasteiger partial charge in [0.25, 0.3) is 0 Å². The molecule has 0 saturated heterocycles. The lowest BCUT2D eigenvalue weighted by Gasteiger charge is -2.58. The third-order valence-electron chi connectivity index (χ3n) is 9.80. The van der Waals surface area contributed by atoms with E-state index in [1.54, 1.807) is 12.5 Å². The predicted molar refractivity (Wildman–Crippen MR) is 110 cm³/mol. The van der Waals surface area contributed by atoms with E-state index in [1.165, 1.54) is 44.9 Å². The normalized spacial score (nSPS) is 47.3. The van der Waals surface area contributed by atoms with Crippen molar-refractivity contribution in [1.29, 1.82) is 0 Å². The number of esters is 1. The van der Waals surface area contributed by atoms with Gasteiger partial charge in [-0.2, -0.15) is 0 Å². The standard InChI is InChI=1S/C25H40O2/c1-6-16(2)21-9-10-22-20-8-7-18-15-19(27-17(3)26)11-13-24(18,4)23(20)12-14-25(21,22)5/h7,16,19-23H,6,8-15H2,1-5H3/t16-,19?,20+,21-,22+,23+,24+,25-/m1/s1. The van der Waals surface area contributed by atoms with E-state index < -0.39 is 0 Å². The molecule has 2 heteroatoms. The molecular formula is C25H40O2. The number of rotatable bonds is 3. The van der Waals surface area contributed by atoms with E-state index in [2.05, 4.69) is 33.8 Å². The van der Waals surface area contributed by atoms with Gasteiger partial charge in [0.2, 0.25) is 0 Å². The molecule has 2 nitrogen and oxygen atoms in total. The largest absolute Gasteiger partial charge is 0.462 e. The first-order chi connectivity index (χ1) is 12.8. The molecule has 152 valence electrons. The quantitative estimate of drug-likeness (QED) is 0.415. The molecule has 0 N–H and O–H groups in total. The number of carbonyl (C=O) groups excluding carboxylic acids is 1. The summed E-state index contributed by atoms with van der Waals surface area (Å²) >= 11 is 0. The van der Waals surface area contributed by atoms with Crippen LogP contribution in [0.1, 0.15) is 92.4 Å². The Hall–Kier alpha value is -0.790. The highest BCUT2D eigenvalue weighted by Gasteiger charge is 2.59. The molecule has 0 radical (unpaired) electrons. The summed E-state index contributed by atoms with van der Waals surface area (Å²) in [4.78, 5) is 11.4. The van der Waals surface area contributed by atoms with Gasteiger partial charge in [0.1, 0.15) is 6.10 Å². The Labute approximate surface area is 166 Å². The smallest absolute Gasteiger partial charge is 0.302 e. The molecule has 0 spiro atoms. The molecule has 0 amide bonds. The zero-order valence-corrected chi connectivity index (χ0v) is 18.2. The number of ether oxygens (including phenoxy) is 1. The van der Waals surface area contributed by atoms with E-state index >= 15 is 0 Å². The van der Waals surface area contributed by atoms with Gasteiger partial charge in [-0.15, -0.1) is 0 Å². The van der Waals surface area contributed by atoms with Crippen LogP contribution in [0.15, 0.2) is 11.6 Å². The average Bonchev–Trinajstić information content (AvgIpc) is 2.98. The highest BCUT2D eigenvalue weighted by atomic mass is 16.5. The monoisotopic (exact) mass is 372 g/mol. The van der Waals surface area contributed by atoms with Crippen LogP contribution in [-0.2, 0) is 9.53 Å². The van der Waals surface area contributed by atoms with Gasteiger partial charge in [0.05, 0.1) is 0 Å². The lowest BCUT2D eigenvalue weighted by molar-refractivity contribution is -0.148. The Kier molecular flexibility index (Phi) is 5.00. The molecule has 0 aliphatic heterocycles. The number of hydrogen-bond acceptors (Lipinski definition) is 2. The lowest BCUT2D eigenvalue weighted by atomic mass is 9.47. The Bertz CT molecular complexity index is 622. The van der Waals surface area contributed by atoms with Crippen molar-refractivity contribution in [2.75, 3.05) is 0 Å². The molecule has 1 unspecified atom stereocenters. The third kappa shape index (κ3) is 3.01. The molecule has 0 aromatic carbocycles. The first-order valence-corrected chi connectivity index (χ1v) is 11.7. The highest BCUT2D eigenvalue weighted by Crippen LogP contribution is 2.67. The minimum atomic E-state index is -0.117. The van der Waals surface area contributed by atoms with E-state index in [9.17, 15) is 4.79 Å². The van der Waals surface area contributed by atoms with Crippen molar-refractivity contribution < 1.29 is 9.53 Å². The maximum atomic E-state index is 11.4. The minimum absolute atomic E-state index is 0.117. The van der Waals surface area contributed by atoms with E-state index in [-0.39, 0.29) is 12.1 Å². The van der Waals surface area contributed by atoms with Gasteiger partial charge < -0.3 is 4.74 Å². The molecule has 4 aliphatic carbocycles. The number of allylic oxidation sites excluding steroid dienone is 1. The topological polar surface area (TPSA) is 26.3 Å². The van der Waals surface area contributed by atoms with Gasteiger partial charge in [-0.05, 0) is 85.4 Å². The molecule has 4 rings (SSSR count). The molecule has 3 fully saturated rings. The maximum Gasteiger partial charge on any atom is 0.302 e. The summed E-state index contributed by atoms with van der Waals surface area (Å²) in [5.41, 5.74) is 2.55. The van der Waals surface area contributed by atoms with Crippen molar-refractivity contribution in [2.24, 2.45) is 40.4 Å². The van der Waals surface area contributed by atoms with Crippen LogP contribution in [0.5, 0.6) is 0 Å². The molecule has 0 aromatic heterocycles. The van der Waals surface area contributed by atoms with Crippen LogP contribution < -0.4 is 0 Å². The molecule has 0 bridgehead atoms. The van der Waals surface area contributed by atoms with Crippen molar-refractivity contribution in [1.82, 2.24) is 0 Å². The second-order valence-electron chi connectivity index (χ2n) is 10.8. The SMILES string of the molecule is CC[C@@H](C)[C@H]1CC[C@H]2[C@@H]3CC=C4CC(OC(C)=O)CC[C@]4(C)[C@H]3CC[C@]12C. The molecule has 8 atom stereocenters. The van der Waals surface area contributed by atoms with Crippen LogP contribution in [0.25, 0.3) is 0 Å². The zero-order chi connectivity index (χ0) is 19.4. The van der Waals surface area contributed by atoms with Crippen molar-refractivity contribution in [2.45, 2.75) is 98.5 Å². The van der Waals surface area contributed by atoms with Gasteiger partial charge in [-0.1, -0.05) is 45.8 Å². The Balaban J connectivity index is 1.56. The number of fused-ring (bicyclic) bond motifs is 5. The zero-order valence-electron chi connectivity index (χ0n) is 18.2. The predicted octanol–water partition coefficient (Wildman–Crippen LogP) is 6.54. The molecule has 4 aliphatic rings. The summed E-state index contributed by atoms with van der Waals surface area (Å²) in [6.07, 6.45) is 14.3. The summed E-state index contributed by atoms with van der Waals surface area (Å²) < 4.78 is 5.58. The van der Waals surface area contributed by atoms with Crippen LogP contribution in [0.4, 0.5) is 0 Å². The summed E-state index contributed by atoms with van der Waals surface area (Å²) in [5.74, 6) is 4.36. The molecular weight excluding hydrogens is 332 g/mol. The van der Waals surface area contributed by atoms with Crippen LogP contribution in [-0.4, -0.2) is 12.1 Å². The fraction of sp³-hybridized carbons (Fsp3) is 0.880. The number of carbonyl (C=O) groups is 1. The van der Waals surface area contributed by atoms with Crippen molar-refractivity contribution in [3.05, 3.63) is 11.6 Å². The first kappa shape index (κ1) is 19.5. The van der Waals surface area contributed by atoms with E-state index in [4.69, 9.17) is 4.74 Å². The summed E-state index contributed by atoms with van der Waals surface area (Å²) in [5, 5.41) is 0. The van der Waals surface area contributed by atoms with E-state index in [1.807, 2.05) is 0 Å². The highest BCUT2D eigenvalue weighted by molar-refractivity contribution is 5.66. The van der Waals surface area contributed by atoms with Crippen LogP contribution in [0.2, 0.25) is 0 Å². The molecule has 0 heterocycles. The second kappa shape index (κ2) is 6.92. The van der Waals surface area contributed by atoms with Crippen molar-refractivity contribution >= 4 is 5.97 Å². The molecule has 0 aromatic rings. The van der Waals surface area contributed by atoms with Crippen LogP contribution >= 0.6 is 0 Å². The fourth-order valence-electron chi connectivity index (χ4n) is 8.22. The molecule has 27 heavy (non-hydrogen) atoms. The summed E-state index contributed by atoms with van der Waals surface area (Å²) in [6, 6.07) is 0. The van der Waals surface area contributed by atoms with E-state index in [0.29, 0.717) is 10.8 Å². The van der Waals surface area contributed by atoms with Gasteiger partial charge >= 0.3 is 5.97 Å². The van der Waals surface area contributed by atoms with Crippen LogP contribution in [0, 0.1) is 40.4 Å². The summed E-state index contributed by atoms with van der Waals surface area (Å²) in [6.45, 7) is 11.6. The first-order valence-electron chi connectivity index (χ1n) is 11.7. The average molecular weight is 373 g/mol. The van der Waals surface area contributed by atoms with Crippen molar-refractivity contribution in [3.8, 4) is 0 Å². The van der Waals surface area contributed by atoms with Gasteiger partial charge in [-0.25, -0.2) is 0 Å². The lowest BCUT2D eigenvalue weighted by Crippen LogP contribution is -2.51. The minimum Gasteiger partial charge on any atom is -0.462 e. The van der Waals surface area contributed by atoms with Crippen molar-refractivity contribution in [3.63, 3.8) is 0 Å². The van der Waals surface area contributed by atoms with Gasteiger partial charge in [-0.3, -0.25) is 4.79 Å². The Morgan fingerprint density at radius 1 is 1.19 bits per heavy atom. The Morgan fingerprint density at radius 3 is 2.67 bits per heavy atom. The second-order valence-corrected chi connectivity index (χ2v) is 10.8. The van der Waals surface area contributed by atoms with Crippen LogP contribution in [0.3, 0.4) is 0 Å². The summed E-state index contributed by atoms with van der Waals surface area (Å²) in [7, 11) is 0. The fourth-order valence-corrected chi connectivity index (χ4v) is 8.22. The third-order valence-corrected chi connectivity index (χ3v) is 9.80. The maximum absolute atomic E-state index is 11.4. The van der Waals surface area contributed by atoms with Gasteiger partial charge in [0.15, 0.2) is 0 Å². The van der Waals surface area contributed by atoms with Gasteiger partial charge in [0, 0.05) is 13.3 Å². The molecule has 3 saturated carbocycles. The van der Waals surface area contributed by atoms with E-state index in [0.717, 1.165) is 42.4 Å². The number of hydrogen-bond donors (Lipinski definition) is 0.